The van der Waals surface area contributed by atoms with Crippen molar-refractivity contribution in [1.29, 1.82) is 5.26 Å². The van der Waals surface area contributed by atoms with Crippen LogP contribution in [0.1, 0.15) is 19.4 Å². The van der Waals surface area contributed by atoms with Crippen LogP contribution in [-0.4, -0.2) is 33.5 Å². The highest BCUT2D eigenvalue weighted by Gasteiger charge is 2.33. The molecular weight excluding hydrogens is 316 g/mol. The summed E-state index contributed by atoms with van der Waals surface area (Å²) in [5.74, 6) is -0.701. The van der Waals surface area contributed by atoms with Gasteiger partial charge in [0.05, 0.1) is 28.2 Å². The van der Waals surface area contributed by atoms with Crippen LogP contribution in [0.2, 0.25) is 5.02 Å². The molecule has 0 aliphatic carbocycles. The molecule has 1 heterocycles. The maximum Gasteiger partial charge on any atom is 0.240 e. The zero-order valence-corrected chi connectivity index (χ0v) is 13.2. The third-order valence-corrected chi connectivity index (χ3v) is 4.67. The second kappa shape index (κ2) is 5.91. The van der Waals surface area contributed by atoms with Gasteiger partial charge in [0.1, 0.15) is 6.07 Å². The van der Waals surface area contributed by atoms with Gasteiger partial charge in [-0.05, 0) is 32.0 Å². The third kappa shape index (κ3) is 3.93. The van der Waals surface area contributed by atoms with Crippen LogP contribution >= 0.6 is 11.6 Å². The Morgan fingerprint density at radius 1 is 1.52 bits per heavy atom. The van der Waals surface area contributed by atoms with Gasteiger partial charge in [-0.2, -0.15) is 5.26 Å². The van der Waals surface area contributed by atoms with Gasteiger partial charge in [0.25, 0.3) is 0 Å². The number of nitriles is 1. The molecule has 2 rings (SSSR count). The van der Waals surface area contributed by atoms with Crippen molar-refractivity contribution >= 4 is 21.6 Å². The number of sulfonamides is 1. The Kier molecular flexibility index (Phi) is 4.56. The van der Waals surface area contributed by atoms with Crippen LogP contribution in [-0.2, 0) is 19.5 Å². The van der Waals surface area contributed by atoms with Gasteiger partial charge >= 0.3 is 0 Å². The van der Waals surface area contributed by atoms with E-state index in [-0.39, 0.29) is 28.1 Å². The van der Waals surface area contributed by atoms with Crippen molar-refractivity contribution in [2.24, 2.45) is 0 Å². The van der Waals surface area contributed by atoms with E-state index in [4.69, 9.17) is 26.3 Å². The van der Waals surface area contributed by atoms with Crippen LogP contribution in [0.15, 0.2) is 23.1 Å². The minimum absolute atomic E-state index is 0.00433. The fraction of sp³-hybridized carbons (Fsp3) is 0.462. The predicted octanol–water partition coefficient (Wildman–Crippen LogP) is 1.64. The fourth-order valence-corrected chi connectivity index (χ4v) is 3.28. The Morgan fingerprint density at radius 2 is 2.24 bits per heavy atom. The summed E-state index contributed by atoms with van der Waals surface area (Å²) in [5.41, 5.74) is 0.227. The molecular formula is C13H15ClN2O4S. The molecule has 0 saturated carbocycles. The molecule has 0 bridgehead atoms. The molecule has 6 nitrogen and oxygen atoms in total. The van der Waals surface area contributed by atoms with Gasteiger partial charge in [0.15, 0.2) is 5.79 Å². The maximum atomic E-state index is 12.2. The standard InChI is InChI=1S/C13H15ClN2O4S/c1-13(2)19-8-10(20-13)7-16-21(17,18)11-4-3-9(6-15)12(14)5-11/h3-5,10,16H,7-8H2,1-2H3. The summed E-state index contributed by atoms with van der Waals surface area (Å²) < 4.78 is 37.6. The Labute approximate surface area is 128 Å². The van der Waals surface area contributed by atoms with Crippen molar-refractivity contribution in [2.75, 3.05) is 13.2 Å². The molecule has 1 aliphatic heterocycles. The number of benzene rings is 1. The highest BCUT2D eigenvalue weighted by Crippen LogP contribution is 2.23. The van der Waals surface area contributed by atoms with Gasteiger partial charge < -0.3 is 9.47 Å². The molecule has 1 unspecified atom stereocenters. The molecule has 0 radical (unpaired) electrons. The van der Waals surface area contributed by atoms with Gasteiger partial charge in [0.2, 0.25) is 10.0 Å². The fourth-order valence-electron chi connectivity index (χ4n) is 1.90. The molecule has 0 spiro atoms. The quantitative estimate of drug-likeness (QED) is 0.906. The first-order valence-electron chi connectivity index (χ1n) is 6.24. The van der Waals surface area contributed by atoms with Crippen LogP contribution in [0.25, 0.3) is 0 Å². The highest BCUT2D eigenvalue weighted by molar-refractivity contribution is 7.89. The number of hydrogen-bond acceptors (Lipinski definition) is 5. The summed E-state index contributed by atoms with van der Waals surface area (Å²) in [7, 11) is -3.71. The molecule has 1 aromatic carbocycles. The van der Waals surface area contributed by atoms with E-state index in [0.29, 0.717) is 6.61 Å². The van der Waals surface area contributed by atoms with Crippen LogP contribution in [0, 0.1) is 11.3 Å². The van der Waals surface area contributed by atoms with E-state index < -0.39 is 15.8 Å². The summed E-state index contributed by atoms with van der Waals surface area (Å²) >= 11 is 5.84. The summed E-state index contributed by atoms with van der Waals surface area (Å²) in [6, 6.07) is 5.83. The zero-order chi connectivity index (χ0) is 15.7. The molecule has 114 valence electrons. The summed E-state index contributed by atoms with van der Waals surface area (Å²) in [5, 5.41) is 8.88. The first-order valence-corrected chi connectivity index (χ1v) is 8.11. The van der Waals surface area contributed by atoms with Crippen LogP contribution in [0.4, 0.5) is 0 Å². The number of ether oxygens (including phenoxy) is 2. The van der Waals surface area contributed by atoms with Crippen LogP contribution in [0.5, 0.6) is 0 Å². The summed E-state index contributed by atoms with van der Waals surface area (Å²) in [6.07, 6.45) is -0.344. The number of rotatable bonds is 4. The van der Waals surface area contributed by atoms with Gasteiger partial charge in [-0.1, -0.05) is 11.6 Å². The molecule has 21 heavy (non-hydrogen) atoms. The van der Waals surface area contributed by atoms with E-state index in [1.54, 1.807) is 13.8 Å². The molecule has 0 amide bonds. The van der Waals surface area contributed by atoms with Crippen LogP contribution < -0.4 is 4.72 Å². The lowest BCUT2D eigenvalue weighted by molar-refractivity contribution is -0.137. The Balaban J connectivity index is 2.06. The average Bonchev–Trinajstić information content (AvgIpc) is 2.76. The molecule has 8 heteroatoms. The number of halogens is 1. The Morgan fingerprint density at radius 3 is 2.76 bits per heavy atom. The summed E-state index contributed by atoms with van der Waals surface area (Å²) in [4.78, 5) is 0.00433. The van der Waals surface area contributed by atoms with E-state index in [1.807, 2.05) is 6.07 Å². The van der Waals surface area contributed by atoms with Crippen LogP contribution in [0.3, 0.4) is 0 Å². The van der Waals surface area contributed by atoms with E-state index in [9.17, 15) is 8.42 Å². The van der Waals surface area contributed by atoms with Gasteiger partial charge in [0, 0.05) is 6.54 Å². The number of hydrogen-bond donors (Lipinski definition) is 1. The van der Waals surface area contributed by atoms with Crippen molar-refractivity contribution in [1.82, 2.24) is 4.72 Å². The number of nitrogens with zero attached hydrogens (tertiary/aromatic N) is 1. The average molecular weight is 331 g/mol. The second-order valence-corrected chi connectivity index (χ2v) is 7.23. The molecule has 1 fully saturated rings. The van der Waals surface area contributed by atoms with Crippen molar-refractivity contribution in [3.63, 3.8) is 0 Å². The minimum atomic E-state index is -3.71. The monoisotopic (exact) mass is 330 g/mol. The van der Waals surface area contributed by atoms with E-state index in [0.717, 1.165) is 0 Å². The zero-order valence-electron chi connectivity index (χ0n) is 11.6. The van der Waals surface area contributed by atoms with E-state index >= 15 is 0 Å². The number of nitrogens with one attached hydrogen (secondary N) is 1. The molecule has 1 atom stereocenters. The lowest BCUT2D eigenvalue weighted by Crippen LogP contribution is -2.34. The van der Waals surface area contributed by atoms with Gasteiger partial charge in [-0.15, -0.1) is 0 Å². The van der Waals surface area contributed by atoms with Gasteiger partial charge in [-0.3, -0.25) is 0 Å². The molecule has 1 aromatic rings. The summed E-state index contributed by atoms with van der Waals surface area (Å²) in [6.45, 7) is 3.96. The molecule has 1 aliphatic rings. The Hall–Kier alpha value is -1.17. The smallest absolute Gasteiger partial charge is 0.240 e. The first-order chi connectivity index (χ1) is 9.73. The first kappa shape index (κ1) is 16.2. The minimum Gasteiger partial charge on any atom is -0.348 e. The lowest BCUT2D eigenvalue weighted by atomic mass is 10.2. The molecule has 0 aromatic heterocycles. The topological polar surface area (TPSA) is 88.4 Å². The van der Waals surface area contributed by atoms with Crippen molar-refractivity contribution in [2.45, 2.75) is 30.6 Å². The van der Waals surface area contributed by atoms with Crippen molar-refractivity contribution in [3.05, 3.63) is 28.8 Å². The lowest BCUT2D eigenvalue weighted by Gasteiger charge is -2.17. The molecule has 1 N–H and O–H groups in total. The predicted molar refractivity (Wildman–Crippen MR) is 76.3 cm³/mol. The van der Waals surface area contributed by atoms with E-state index in [1.165, 1.54) is 18.2 Å². The third-order valence-electron chi connectivity index (χ3n) is 2.94. The maximum absolute atomic E-state index is 12.2. The van der Waals surface area contributed by atoms with Crippen molar-refractivity contribution in [3.8, 4) is 6.07 Å². The molecule has 1 saturated heterocycles. The normalized spacial score (nSPS) is 21.1. The highest BCUT2D eigenvalue weighted by atomic mass is 35.5. The van der Waals surface area contributed by atoms with Gasteiger partial charge in [-0.25, -0.2) is 13.1 Å². The Bertz CT molecular complexity index is 682. The van der Waals surface area contributed by atoms with Crippen molar-refractivity contribution < 1.29 is 17.9 Å². The largest absolute Gasteiger partial charge is 0.348 e. The SMILES string of the molecule is CC1(C)OCC(CNS(=O)(=O)c2ccc(C#N)c(Cl)c2)O1. The second-order valence-electron chi connectivity index (χ2n) is 5.06. The van der Waals surface area contributed by atoms with E-state index in [2.05, 4.69) is 4.72 Å².